The SMILES string of the molecule is CC(C)(C)OC(=O)[C@H]1CCCN1C(=O)CSCC#N. The summed E-state index contributed by atoms with van der Waals surface area (Å²) in [6.45, 7) is 6.04. The molecule has 0 aliphatic carbocycles. The van der Waals surface area contributed by atoms with Crippen LogP contribution in [-0.4, -0.2) is 46.5 Å². The van der Waals surface area contributed by atoms with Crippen molar-refractivity contribution in [2.75, 3.05) is 18.1 Å². The van der Waals surface area contributed by atoms with Gasteiger partial charge in [-0.3, -0.25) is 4.79 Å². The molecule has 0 aromatic carbocycles. The molecule has 1 aliphatic heterocycles. The molecular formula is C13H20N2O3S. The zero-order chi connectivity index (χ0) is 14.5. The normalized spacial score (nSPS) is 19.1. The third kappa shape index (κ3) is 5.11. The minimum atomic E-state index is -0.538. The molecule has 0 aromatic heterocycles. The van der Waals surface area contributed by atoms with Gasteiger partial charge in [-0.05, 0) is 33.6 Å². The lowest BCUT2D eigenvalue weighted by molar-refractivity contribution is -0.162. The molecule has 1 fully saturated rings. The van der Waals surface area contributed by atoms with Crippen LogP contribution in [-0.2, 0) is 14.3 Å². The van der Waals surface area contributed by atoms with Crippen molar-refractivity contribution in [1.82, 2.24) is 4.90 Å². The fraction of sp³-hybridized carbons (Fsp3) is 0.769. The van der Waals surface area contributed by atoms with Gasteiger partial charge in [0.05, 0.1) is 17.6 Å². The molecule has 19 heavy (non-hydrogen) atoms. The Balaban J connectivity index is 2.56. The van der Waals surface area contributed by atoms with Crippen LogP contribution in [0.3, 0.4) is 0 Å². The highest BCUT2D eigenvalue weighted by Crippen LogP contribution is 2.22. The molecule has 0 unspecified atom stereocenters. The lowest BCUT2D eigenvalue weighted by Gasteiger charge is -2.27. The smallest absolute Gasteiger partial charge is 0.329 e. The van der Waals surface area contributed by atoms with Crippen molar-refractivity contribution >= 4 is 23.6 Å². The van der Waals surface area contributed by atoms with E-state index in [0.29, 0.717) is 13.0 Å². The van der Waals surface area contributed by atoms with E-state index in [0.717, 1.165) is 6.42 Å². The topological polar surface area (TPSA) is 70.4 Å². The summed E-state index contributed by atoms with van der Waals surface area (Å²) in [5.74, 6) is 0.112. The number of rotatable bonds is 4. The van der Waals surface area contributed by atoms with E-state index in [2.05, 4.69) is 0 Å². The quantitative estimate of drug-likeness (QED) is 0.579. The maximum atomic E-state index is 12.0. The number of ether oxygens (including phenoxy) is 1. The molecule has 0 saturated carbocycles. The van der Waals surface area contributed by atoms with Gasteiger partial charge in [-0.15, -0.1) is 11.8 Å². The number of thioether (sulfide) groups is 1. The number of nitriles is 1. The van der Waals surface area contributed by atoms with Crippen LogP contribution in [0.2, 0.25) is 0 Å². The first-order chi connectivity index (χ1) is 8.85. The second kappa shape index (κ2) is 6.80. The molecule has 1 rings (SSSR count). The summed E-state index contributed by atoms with van der Waals surface area (Å²) in [5.41, 5.74) is -0.538. The van der Waals surface area contributed by atoms with Gasteiger partial charge in [-0.25, -0.2) is 4.79 Å². The molecule has 0 N–H and O–H groups in total. The van der Waals surface area contributed by atoms with E-state index in [1.807, 2.05) is 26.8 Å². The van der Waals surface area contributed by atoms with Crippen LogP contribution in [0.15, 0.2) is 0 Å². The van der Waals surface area contributed by atoms with E-state index in [1.165, 1.54) is 11.8 Å². The van der Waals surface area contributed by atoms with Gasteiger partial charge in [0.2, 0.25) is 5.91 Å². The van der Waals surface area contributed by atoms with Crippen LogP contribution in [0.4, 0.5) is 0 Å². The number of carbonyl (C=O) groups is 2. The van der Waals surface area contributed by atoms with Crippen LogP contribution >= 0.6 is 11.8 Å². The number of esters is 1. The molecule has 1 heterocycles. The predicted molar refractivity (Wildman–Crippen MR) is 73.5 cm³/mol. The average molecular weight is 284 g/mol. The first-order valence-electron chi connectivity index (χ1n) is 6.32. The van der Waals surface area contributed by atoms with Crippen molar-refractivity contribution in [1.29, 1.82) is 5.26 Å². The second-order valence-corrected chi connectivity index (χ2v) is 6.42. The lowest BCUT2D eigenvalue weighted by atomic mass is 10.1. The van der Waals surface area contributed by atoms with Gasteiger partial charge in [0.15, 0.2) is 0 Å². The Bertz CT molecular complexity index is 384. The highest BCUT2D eigenvalue weighted by molar-refractivity contribution is 8.00. The van der Waals surface area contributed by atoms with Gasteiger partial charge in [0.1, 0.15) is 11.6 Å². The van der Waals surface area contributed by atoms with Crippen molar-refractivity contribution in [3.05, 3.63) is 0 Å². The summed E-state index contributed by atoms with van der Waals surface area (Å²) in [5, 5.41) is 8.44. The molecule has 0 aromatic rings. The lowest BCUT2D eigenvalue weighted by Crippen LogP contribution is -2.44. The van der Waals surface area contributed by atoms with E-state index in [-0.39, 0.29) is 23.4 Å². The molecule has 1 atom stereocenters. The van der Waals surface area contributed by atoms with Gasteiger partial charge < -0.3 is 9.64 Å². The van der Waals surface area contributed by atoms with Crippen molar-refractivity contribution in [3.63, 3.8) is 0 Å². The Kier molecular flexibility index (Phi) is 5.67. The van der Waals surface area contributed by atoms with Crippen LogP contribution < -0.4 is 0 Å². The Hall–Kier alpha value is -1.22. The molecular weight excluding hydrogens is 264 g/mol. The summed E-state index contributed by atoms with van der Waals surface area (Å²) in [6, 6.07) is 1.52. The molecule has 0 radical (unpaired) electrons. The maximum Gasteiger partial charge on any atom is 0.329 e. The van der Waals surface area contributed by atoms with Gasteiger partial charge in [-0.1, -0.05) is 0 Å². The number of hydrogen-bond donors (Lipinski definition) is 0. The fourth-order valence-corrected chi connectivity index (χ4v) is 2.48. The number of carbonyl (C=O) groups excluding carboxylic acids is 2. The first-order valence-corrected chi connectivity index (χ1v) is 7.47. The Morgan fingerprint density at radius 1 is 1.47 bits per heavy atom. The van der Waals surface area contributed by atoms with Gasteiger partial charge in [-0.2, -0.15) is 5.26 Å². The molecule has 1 amide bonds. The molecule has 0 spiro atoms. The molecule has 1 aliphatic rings. The average Bonchev–Trinajstić information content (AvgIpc) is 2.75. The van der Waals surface area contributed by atoms with Crippen molar-refractivity contribution in [3.8, 4) is 6.07 Å². The van der Waals surface area contributed by atoms with Gasteiger partial charge in [0, 0.05) is 6.54 Å². The van der Waals surface area contributed by atoms with Crippen molar-refractivity contribution in [2.45, 2.75) is 45.3 Å². The predicted octanol–water partition coefficient (Wildman–Crippen LogP) is 1.58. The van der Waals surface area contributed by atoms with Gasteiger partial charge in [0.25, 0.3) is 0 Å². The van der Waals surface area contributed by atoms with E-state index in [4.69, 9.17) is 10.00 Å². The molecule has 6 heteroatoms. The van der Waals surface area contributed by atoms with Crippen LogP contribution in [0.5, 0.6) is 0 Å². The van der Waals surface area contributed by atoms with Crippen LogP contribution in [0.1, 0.15) is 33.6 Å². The zero-order valence-corrected chi connectivity index (χ0v) is 12.5. The maximum absolute atomic E-state index is 12.0. The Morgan fingerprint density at radius 3 is 2.74 bits per heavy atom. The minimum absolute atomic E-state index is 0.0893. The van der Waals surface area contributed by atoms with E-state index < -0.39 is 11.6 Å². The third-order valence-corrected chi connectivity index (χ3v) is 3.43. The summed E-state index contributed by atoms with van der Waals surface area (Å²) in [4.78, 5) is 25.6. The molecule has 5 nitrogen and oxygen atoms in total. The highest BCUT2D eigenvalue weighted by atomic mass is 32.2. The summed E-state index contributed by atoms with van der Waals surface area (Å²) < 4.78 is 5.34. The van der Waals surface area contributed by atoms with Crippen molar-refractivity contribution in [2.24, 2.45) is 0 Å². The Morgan fingerprint density at radius 2 is 2.16 bits per heavy atom. The first kappa shape index (κ1) is 15.8. The van der Waals surface area contributed by atoms with E-state index >= 15 is 0 Å². The number of hydrogen-bond acceptors (Lipinski definition) is 5. The summed E-state index contributed by atoms with van der Waals surface area (Å²) >= 11 is 1.27. The monoisotopic (exact) mass is 284 g/mol. The summed E-state index contributed by atoms with van der Waals surface area (Å²) in [6.07, 6.45) is 1.47. The van der Waals surface area contributed by atoms with E-state index in [1.54, 1.807) is 4.90 Å². The Labute approximate surface area is 118 Å². The number of likely N-dealkylation sites (tertiary alicyclic amines) is 1. The highest BCUT2D eigenvalue weighted by Gasteiger charge is 2.36. The summed E-state index contributed by atoms with van der Waals surface area (Å²) in [7, 11) is 0. The van der Waals surface area contributed by atoms with Crippen molar-refractivity contribution < 1.29 is 14.3 Å². The molecule has 0 bridgehead atoms. The van der Waals surface area contributed by atoms with E-state index in [9.17, 15) is 9.59 Å². The van der Waals surface area contributed by atoms with Crippen LogP contribution in [0, 0.1) is 11.3 Å². The number of nitrogens with zero attached hydrogens (tertiary/aromatic N) is 2. The van der Waals surface area contributed by atoms with Crippen LogP contribution in [0.25, 0.3) is 0 Å². The van der Waals surface area contributed by atoms with Gasteiger partial charge >= 0.3 is 5.97 Å². The second-order valence-electron chi connectivity index (χ2n) is 5.43. The largest absolute Gasteiger partial charge is 0.458 e. The minimum Gasteiger partial charge on any atom is -0.458 e. The molecule has 1 saturated heterocycles. The third-order valence-electron chi connectivity index (χ3n) is 2.64. The zero-order valence-electron chi connectivity index (χ0n) is 11.6. The number of amides is 1. The molecule has 106 valence electrons. The standard InChI is InChI=1S/C13H20N2O3S/c1-13(2,3)18-12(17)10-5-4-7-15(10)11(16)9-19-8-6-14/h10H,4-5,7-9H2,1-3H3/t10-/m1/s1. The fourth-order valence-electron chi connectivity index (χ4n) is 1.95.